The highest BCUT2D eigenvalue weighted by molar-refractivity contribution is 5.91. The second-order valence-electron chi connectivity index (χ2n) is 5.80. The van der Waals surface area contributed by atoms with Gasteiger partial charge in [-0.05, 0) is 26.2 Å². The Kier molecular flexibility index (Phi) is 4.30. The first kappa shape index (κ1) is 14.8. The Morgan fingerprint density at radius 2 is 2.10 bits per heavy atom. The van der Waals surface area contributed by atoms with Gasteiger partial charge < -0.3 is 14.9 Å². The quantitative estimate of drug-likeness (QED) is 0.778. The Hall–Kier alpha value is -1.59. The van der Waals surface area contributed by atoms with Gasteiger partial charge in [-0.2, -0.15) is 0 Å². The van der Waals surface area contributed by atoms with Crippen LogP contribution in [0, 0.1) is 5.92 Å². The molecule has 1 heterocycles. The van der Waals surface area contributed by atoms with E-state index in [9.17, 15) is 14.4 Å². The summed E-state index contributed by atoms with van der Waals surface area (Å²) in [7, 11) is 0. The molecule has 112 valence electrons. The molecule has 2 fully saturated rings. The summed E-state index contributed by atoms with van der Waals surface area (Å²) in [4.78, 5) is 38.5. The lowest BCUT2D eigenvalue weighted by Gasteiger charge is -2.29. The van der Waals surface area contributed by atoms with Crippen LogP contribution in [0.25, 0.3) is 0 Å². The fraction of sp³-hybridized carbons (Fsp3) is 0.786. The number of carboxylic acids is 1. The van der Waals surface area contributed by atoms with Gasteiger partial charge >= 0.3 is 5.97 Å². The van der Waals surface area contributed by atoms with E-state index in [2.05, 4.69) is 0 Å². The third kappa shape index (κ3) is 3.11. The minimum atomic E-state index is -1.01. The Labute approximate surface area is 118 Å². The third-order valence-corrected chi connectivity index (χ3v) is 4.21. The van der Waals surface area contributed by atoms with Crippen LogP contribution in [0.4, 0.5) is 0 Å². The van der Waals surface area contributed by atoms with E-state index < -0.39 is 5.97 Å². The van der Waals surface area contributed by atoms with E-state index in [1.807, 2.05) is 13.8 Å². The van der Waals surface area contributed by atoms with Crippen molar-refractivity contribution in [3.8, 4) is 0 Å². The topological polar surface area (TPSA) is 77.9 Å². The van der Waals surface area contributed by atoms with Gasteiger partial charge in [-0.15, -0.1) is 0 Å². The average molecular weight is 282 g/mol. The molecule has 0 bridgehead atoms. The van der Waals surface area contributed by atoms with Gasteiger partial charge in [-0.3, -0.25) is 14.4 Å². The first-order chi connectivity index (χ1) is 9.43. The normalized spacial score (nSPS) is 23.8. The second-order valence-corrected chi connectivity index (χ2v) is 5.80. The number of carbonyl (C=O) groups excluding carboxylic acids is 2. The predicted molar refractivity (Wildman–Crippen MR) is 71.9 cm³/mol. The van der Waals surface area contributed by atoms with E-state index in [1.54, 1.807) is 4.90 Å². The second kappa shape index (κ2) is 5.81. The Morgan fingerprint density at radius 1 is 1.45 bits per heavy atom. The van der Waals surface area contributed by atoms with Crippen LogP contribution < -0.4 is 0 Å². The molecule has 0 aromatic heterocycles. The molecule has 2 unspecified atom stereocenters. The number of aliphatic carboxylic acids is 1. The van der Waals surface area contributed by atoms with Gasteiger partial charge in [0.2, 0.25) is 11.8 Å². The summed E-state index contributed by atoms with van der Waals surface area (Å²) in [5.74, 6) is -1.55. The SMILES string of the molecule is CCC(C)N(CC(=O)O)C(=O)C1CC(=O)N(C2CC2)C1. The van der Waals surface area contributed by atoms with Crippen molar-refractivity contribution in [3.05, 3.63) is 0 Å². The number of rotatable bonds is 6. The van der Waals surface area contributed by atoms with Crippen molar-refractivity contribution in [2.24, 2.45) is 5.92 Å². The van der Waals surface area contributed by atoms with E-state index in [-0.39, 0.29) is 36.7 Å². The standard InChI is InChI=1S/C14H22N2O4/c1-3-9(2)15(8-13(18)19)14(20)10-6-12(17)16(7-10)11-4-5-11/h9-11H,3-8H2,1-2H3,(H,18,19). The zero-order valence-corrected chi connectivity index (χ0v) is 12.0. The summed E-state index contributed by atoms with van der Waals surface area (Å²) in [6, 6.07) is 0.195. The van der Waals surface area contributed by atoms with Gasteiger partial charge in [0.1, 0.15) is 6.54 Å². The summed E-state index contributed by atoms with van der Waals surface area (Å²) >= 11 is 0. The Balaban J connectivity index is 2.03. The van der Waals surface area contributed by atoms with Crippen LogP contribution in [-0.2, 0) is 14.4 Å². The van der Waals surface area contributed by atoms with Gasteiger partial charge in [0.05, 0.1) is 5.92 Å². The molecular formula is C14H22N2O4. The minimum Gasteiger partial charge on any atom is -0.480 e. The van der Waals surface area contributed by atoms with Gasteiger partial charge in [0.25, 0.3) is 0 Å². The molecule has 6 nitrogen and oxygen atoms in total. The molecule has 1 aliphatic heterocycles. The van der Waals surface area contributed by atoms with E-state index in [0.717, 1.165) is 12.8 Å². The van der Waals surface area contributed by atoms with Crippen molar-refractivity contribution < 1.29 is 19.5 Å². The summed E-state index contributed by atoms with van der Waals surface area (Å²) in [5.41, 5.74) is 0. The van der Waals surface area contributed by atoms with Gasteiger partial charge in [0.15, 0.2) is 0 Å². The predicted octanol–water partition coefficient (Wildman–Crippen LogP) is 0.709. The number of likely N-dealkylation sites (tertiary alicyclic amines) is 1. The van der Waals surface area contributed by atoms with Crippen molar-refractivity contribution in [3.63, 3.8) is 0 Å². The van der Waals surface area contributed by atoms with Gasteiger partial charge in [0, 0.05) is 25.0 Å². The molecule has 0 spiro atoms. The number of hydrogen-bond donors (Lipinski definition) is 1. The molecule has 1 aliphatic carbocycles. The van der Waals surface area contributed by atoms with Crippen LogP contribution in [0.2, 0.25) is 0 Å². The first-order valence-corrected chi connectivity index (χ1v) is 7.25. The van der Waals surface area contributed by atoms with Crippen molar-refractivity contribution in [1.29, 1.82) is 0 Å². The van der Waals surface area contributed by atoms with Crippen LogP contribution in [-0.4, -0.2) is 57.9 Å². The molecule has 2 aliphatic rings. The summed E-state index contributed by atoms with van der Waals surface area (Å²) in [6.45, 7) is 3.93. The Morgan fingerprint density at radius 3 is 2.60 bits per heavy atom. The van der Waals surface area contributed by atoms with Crippen LogP contribution >= 0.6 is 0 Å². The molecule has 0 aromatic carbocycles. The molecule has 6 heteroatoms. The number of carbonyl (C=O) groups is 3. The highest BCUT2D eigenvalue weighted by atomic mass is 16.4. The summed E-state index contributed by atoms with van der Waals surface area (Å²) < 4.78 is 0. The molecule has 0 radical (unpaired) electrons. The number of hydrogen-bond acceptors (Lipinski definition) is 3. The molecule has 1 saturated carbocycles. The lowest BCUT2D eigenvalue weighted by molar-refractivity contribution is -0.148. The maximum atomic E-state index is 12.5. The highest BCUT2D eigenvalue weighted by Gasteiger charge is 2.43. The third-order valence-electron chi connectivity index (χ3n) is 4.21. The number of nitrogens with zero attached hydrogens (tertiary/aromatic N) is 2. The fourth-order valence-corrected chi connectivity index (χ4v) is 2.69. The maximum Gasteiger partial charge on any atom is 0.323 e. The molecule has 0 aromatic rings. The van der Waals surface area contributed by atoms with E-state index in [1.165, 1.54) is 4.90 Å². The fourth-order valence-electron chi connectivity index (χ4n) is 2.69. The molecule has 1 N–H and O–H groups in total. The van der Waals surface area contributed by atoms with Crippen LogP contribution in [0.15, 0.2) is 0 Å². The van der Waals surface area contributed by atoms with Crippen LogP contribution in [0.5, 0.6) is 0 Å². The minimum absolute atomic E-state index is 0.0327. The highest BCUT2D eigenvalue weighted by Crippen LogP contribution is 2.33. The molecule has 20 heavy (non-hydrogen) atoms. The zero-order valence-electron chi connectivity index (χ0n) is 12.0. The Bertz CT molecular complexity index is 419. The molecule has 2 amide bonds. The van der Waals surface area contributed by atoms with Crippen LogP contribution in [0.1, 0.15) is 39.5 Å². The zero-order chi connectivity index (χ0) is 14.9. The molecule has 2 atom stereocenters. The van der Waals surface area contributed by atoms with Crippen molar-refractivity contribution in [2.45, 2.75) is 51.6 Å². The van der Waals surface area contributed by atoms with E-state index >= 15 is 0 Å². The summed E-state index contributed by atoms with van der Waals surface area (Å²) in [6.07, 6.45) is 2.97. The smallest absolute Gasteiger partial charge is 0.323 e. The van der Waals surface area contributed by atoms with Crippen molar-refractivity contribution in [1.82, 2.24) is 9.80 Å². The summed E-state index contributed by atoms with van der Waals surface area (Å²) in [5, 5.41) is 8.95. The van der Waals surface area contributed by atoms with E-state index in [0.29, 0.717) is 19.0 Å². The number of amides is 2. The van der Waals surface area contributed by atoms with Crippen molar-refractivity contribution >= 4 is 17.8 Å². The first-order valence-electron chi connectivity index (χ1n) is 7.25. The maximum absolute atomic E-state index is 12.5. The van der Waals surface area contributed by atoms with Crippen molar-refractivity contribution in [2.75, 3.05) is 13.1 Å². The van der Waals surface area contributed by atoms with E-state index in [4.69, 9.17) is 5.11 Å². The molecule has 2 rings (SSSR count). The molecule has 1 saturated heterocycles. The lowest BCUT2D eigenvalue weighted by Crippen LogP contribution is -2.45. The average Bonchev–Trinajstić information content (AvgIpc) is 3.17. The largest absolute Gasteiger partial charge is 0.480 e. The monoisotopic (exact) mass is 282 g/mol. The van der Waals surface area contributed by atoms with Crippen LogP contribution in [0.3, 0.4) is 0 Å². The lowest BCUT2D eigenvalue weighted by atomic mass is 10.1. The number of carboxylic acid groups (broad SMARTS) is 1. The van der Waals surface area contributed by atoms with Gasteiger partial charge in [-0.1, -0.05) is 6.92 Å². The molecular weight excluding hydrogens is 260 g/mol. The van der Waals surface area contributed by atoms with Gasteiger partial charge in [-0.25, -0.2) is 0 Å².